The van der Waals surface area contributed by atoms with Crippen LogP contribution in [0.2, 0.25) is 0 Å². The van der Waals surface area contributed by atoms with Gasteiger partial charge in [-0.2, -0.15) is 0 Å². The van der Waals surface area contributed by atoms with Gasteiger partial charge in [-0.25, -0.2) is 0 Å². The van der Waals surface area contributed by atoms with Gasteiger partial charge < -0.3 is 14.6 Å². The maximum atomic E-state index is 12.6. The predicted molar refractivity (Wildman–Crippen MR) is 122 cm³/mol. The number of hydrogen-bond acceptors (Lipinski definition) is 2. The van der Waals surface area contributed by atoms with E-state index in [1.165, 1.54) is 5.56 Å². The van der Waals surface area contributed by atoms with E-state index in [-0.39, 0.29) is 27.6 Å². The molecule has 0 spiro atoms. The van der Waals surface area contributed by atoms with E-state index in [2.05, 4.69) is 64.8 Å². The standard InChI is InChI=1S/C23H39NO2S.H2O/c1-8-27(7,22(3,4)5)26-17-16-23(6)15-14-21(25)24(18-23)19(2)20-12-10-9-11-13-20;/h9-13,19H,8,14-18H2,1-7H3;1H2/t19-,23+;/m1./s1. The second-order valence-electron chi connectivity index (χ2n) is 9.40. The summed E-state index contributed by atoms with van der Waals surface area (Å²) in [5, 5.41) is 0. The summed E-state index contributed by atoms with van der Waals surface area (Å²) in [6.07, 6.45) is 4.92. The van der Waals surface area contributed by atoms with Crippen LogP contribution in [0.3, 0.4) is 0 Å². The van der Waals surface area contributed by atoms with Crippen LogP contribution in [0.5, 0.6) is 0 Å². The summed E-state index contributed by atoms with van der Waals surface area (Å²) >= 11 is 0. The van der Waals surface area contributed by atoms with Crippen LogP contribution >= 0.6 is 10.3 Å². The van der Waals surface area contributed by atoms with Gasteiger partial charge in [0.15, 0.2) is 0 Å². The molecule has 162 valence electrons. The zero-order valence-corrected chi connectivity index (χ0v) is 19.7. The van der Waals surface area contributed by atoms with Crippen LogP contribution in [0.25, 0.3) is 0 Å². The zero-order chi connectivity index (χ0) is 20.3. The summed E-state index contributed by atoms with van der Waals surface area (Å²) in [4.78, 5) is 14.7. The van der Waals surface area contributed by atoms with Gasteiger partial charge in [-0.05, 0) is 42.8 Å². The molecule has 28 heavy (non-hydrogen) atoms. The lowest BCUT2D eigenvalue weighted by atomic mass is 9.78. The fourth-order valence-corrected chi connectivity index (χ4v) is 5.60. The van der Waals surface area contributed by atoms with Gasteiger partial charge in [0.05, 0.1) is 12.6 Å². The average molecular weight is 412 g/mol. The lowest BCUT2D eigenvalue weighted by Crippen LogP contribution is -2.46. The lowest BCUT2D eigenvalue weighted by molar-refractivity contribution is -0.140. The molecule has 4 nitrogen and oxygen atoms in total. The van der Waals surface area contributed by atoms with Crippen molar-refractivity contribution in [3.63, 3.8) is 0 Å². The van der Waals surface area contributed by atoms with Crippen LogP contribution < -0.4 is 0 Å². The molecule has 1 aliphatic heterocycles. The summed E-state index contributed by atoms with van der Waals surface area (Å²) in [6, 6.07) is 10.5. The Balaban J connectivity index is 0.00000392. The first-order valence-corrected chi connectivity index (χ1v) is 12.4. The van der Waals surface area contributed by atoms with Crippen LogP contribution in [0.15, 0.2) is 30.3 Å². The second-order valence-corrected chi connectivity index (χ2v) is 13.4. The van der Waals surface area contributed by atoms with Crippen molar-refractivity contribution in [3.05, 3.63) is 35.9 Å². The number of piperidine rings is 1. The van der Waals surface area contributed by atoms with Crippen molar-refractivity contribution in [1.82, 2.24) is 4.90 Å². The molecule has 1 heterocycles. The molecule has 0 bridgehead atoms. The van der Waals surface area contributed by atoms with Gasteiger partial charge in [-0.3, -0.25) is 4.79 Å². The monoisotopic (exact) mass is 411 g/mol. The minimum Gasteiger partial charge on any atom is -0.412 e. The van der Waals surface area contributed by atoms with E-state index < -0.39 is 10.3 Å². The molecule has 1 amide bonds. The van der Waals surface area contributed by atoms with Crippen LogP contribution in [0, 0.1) is 5.41 Å². The molecule has 1 unspecified atom stereocenters. The quantitative estimate of drug-likeness (QED) is 0.625. The number of nitrogens with zero attached hydrogens (tertiary/aromatic N) is 1. The molecule has 3 atom stereocenters. The van der Waals surface area contributed by atoms with Gasteiger partial charge in [-0.15, -0.1) is 10.3 Å². The largest absolute Gasteiger partial charge is 0.412 e. The van der Waals surface area contributed by atoms with Crippen molar-refractivity contribution in [2.75, 3.05) is 25.2 Å². The highest BCUT2D eigenvalue weighted by Gasteiger charge is 2.38. The topological polar surface area (TPSA) is 61.0 Å². The summed E-state index contributed by atoms with van der Waals surface area (Å²) in [7, 11) is -1.08. The molecule has 0 aromatic heterocycles. The highest BCUT2D eigenvalue weighted by atomic mass is 32.3. The third kappa shape index (κ3) is 5.74. The fourth-order valence-electron chi connectivity index (χ4n) is 3.76. The van der Waals surface area contributed by atoms with Crippen LogP contribution in [0.4, 0.5) is 0 Å². The van der Waals surface area contributed by atoms with E-state index in [0.29, 0.717) is 6.42 Å². The first kappa shape index (κ1) is 25.0. The molecule has 0 aliphatic carbocycles. The predicted octanol–water partition coefficient (Wildman–Crippen LogP) is 5.13. The molecule has 0 radical (unpaired) electrons. The Morgan fingerprint density at radius 1 is 1.25 bits per heavy atom. The normalized spacial score (nSPS) is 24.8. The van der Waals surface area contributed by atoms with Gasteiger partial charge in [0.2, 0.25) is 5.91 Å². The van der Waals surface area contributed by atoms with Crippen LogP contribution in [-0.4, -0.2) is 46.2 Å². The number of likely N-dealkylation sites (tertiary alicyclic amines) is 1. The zero-order valence-electron chi connectivity index (χ0n) is 18.9. The van der Waals surface area contributed by atoms with E-state index in [0.717, 1.165) is 31.7 Å². The molecular weight excluding hydrogens is 370 g/mol. The van der Waals surface area contributed by atoms with Crippen LogP contribution in [0.1, 0.15) is 72.4 Å². The minimum absolute atomic E-state index is 0. The minimum atomic E-state index is -1.08. The molecule has 1 aromatic rings. The van der Waals surface area contributed by atoms with Gasteiger partial charge in [0.1, 0.15) is 0 Å². The van der Waals surface area contributed by atoms with E-state index in [9.17, 15) is 4.79 Å². The van der Waals surface area contributed by atoms with Crippen LogP contribution in [-0.2, 0) is 8.98 Å². The van der Waals surface area contributed by atoms with E-state index in [4.69, 9.17) is 4.18 Å². The van der Waals surface area contributed by atoms with Crippen molar-refractivity contribution in [3.8, 4) is 0 Å². The van der Waals surface area contributed by atoms with Gasteiger partial charge in [0.25, 0.3) is 0 Å². The number of rotatable bonds is 7. The fraction of sp³-hybridized carbons (Fsp3) is 0.696. The Morgan fingerprint density at radius 3 is 2.39 bits per heavy atom. The molecule has 2 N–H and O–H groups in total. The van der Waals surface area contributed by atoms with Gasteiger partial charge >= 0.3 is 0 Å². The summed E-state index contributed by atoms with van der Waals surface area (Å²) in [5.74, 6) is 1.37. The highest BCUT2D eigenvalue weighted by Crippen LogP contribution is 2.57. The lowest BCUT2D eigenvalue weighted by Gasteiger charge is -2.48. The third-order valence-electron chi connectivity index (χ3n) is 6.46. The Bertz CT molecular complexity index is 630. The maximum absolute atomic E-state index is 12.6. The van der Waals surface area contributed by atoms with Crippen molar-refractivity contribution in [2.24, 2.45) is 5.41 Å². The maximum Gasteiger partial charge on any atom is 0.223 e. The molecule has 0 saturated carbocycles. The number of carbonyl (C=O) groups is 1. The van der Waals surface area contributed by atoms with Gasteiger partial charge in [0, 0.05) is 17.7 Å². The van der Waals surface area contributed by atoms with Crippen molar-refractivity contribution >= 4 is 16.2 Å². The summed E-state index contributed by atoms with van der Waals surface area (Å²) < 4.78 is 6.69. The summed E-state index contributed by atoms with van der Waals surface area (Å²) in [6.45, 7) is 15.2. The van der Waals surface area contributed by atoms with Crippen molar-refractivity contribution in [1.29, 1.82) is 0 Å². The Morgan fingerprint density at radius 2 is 1.86 bits per heavy atom. The molecule has 1 fully saturated rings. The van der Waals surface area contributed by atoms with Crippen molar-refractivity contribution in [2.45, 2.75) is 71.6 Å². The second kappa shape index (κ2) is 9.64. The van der Waals surface area contributed by atoms with E-state index in [1.54, 1.807) is 0 Å². The number of hydrogen-bond donors (Lipinski definition) is 0. The number of benzene rings is 1. The van der Waals surface area contributed by atoms with E-state index >= 15 is 0 Å². The first-order valence-electron chi connectivity index (χ1n) is 10.3. The molecular formula is C23H41NO3S. The number of amides is 1. The molecule has 1 aromatic carbocycles. The Hall–Kier alpha value is -1.04. The Labute approximate surface area is 173 Å². The Kier molecular flexibility index (Phi) is 8.61. The van der Waals surface area contributed by atoms with E-state index in [1.807, 2.05) is 18.2 Å². The molecule has 1 aliphatic rings. The SMILES string of the molecule is CCS(C)(OCC[C@]1(C)CCC(=O)N([C@H](C)c2ccccc2)C1)C(C)(C)C.O. The van der Waals surface area contributed by atoms with Crippen molar-refractivity contribution < 1.29 is 14.5 Å². The number of carbonyl (C=O) groups excluding carboxylic acids is 1. The molecule has 1 saturated heterocycles. The summed E-state index contributed by atoms with van der Waals surface area (Å²) in [5.41, 5.74) is 1.34. The third-order valence-corrected chi connectivity index (χ3v) is 10.8. The van der Waals surface area contributed by atoms with Gasteiger partial charge in [-0.1, -0.05) is 65.0 Å². The average Bonchev–Trinajstić information content (AvgIpc) is 2.63. The highest BCUT2D eigenvalue weighted by molar-refractivity contribution is 8.30. The first-order chi connectivity index (χ1) is 12.5. The molecule has 5 heteroatoms. The molecule has 2 rings (SSSR count). The smallest absolute Gasteiger partial charge is 0.223 e.